The van der Waals surface area contributed by atoms with Gasteiger partial charge in [0.1, 0.15) is 5.52 Å². The van der Waals surface area contributed by atoms with E-state index in [1.165, 1.54) is 0 Å². The van der Waals surface area contributed by atoms with Gasteiger partial charge in [0, 0.05) is 11.2 Å². The van der Waals surface area contributed by atoms with E-state index in [-0.39, 0.29) is 0 Å². The molecule has 0 bridgehead atoms. The van der Waals surface area contributed by atoms with Gasteiger partial charge in [-0.2, -0.15) is 0 Å². The Morgan fingerprint density at radius 2 is 2.00 bits per heavy atom. The molecule has 0 unspecified atom stereocenters. The highest BCUT2D eigenvalue weighted by atomic mass is 35.5. The summed E-state index contributed by atoms with van der Waals surface area (Å²) in [6, 6.07) is 9.35. The minimum Gasteiger partial charge on any atom is -0.369 e. The zero-order chi connectivity index (χ0) is 13.4. The molecule has 0 aliphatic carbocycles. The summed E-state index contributed by atoms with van der Waals surface area (Å²) in [6.45, 7) is 0.567. The number of benzene rings is 1. The van der Waals surface area contributed by atoms with Crippen molar-refractivity contribution < 1.29 is 0 Å². The number of nitrogens with two attached hydrogens (primary N) is 1. The van der Waals surface area contributed by atoms with Crippen LogP contribution < -0.4 is 5.73 Å². The van der Waals surface area contributed by atoms with Crippen molar-refractivity contribution in [3.63, 3.8) is 0 Å². The van der Waals surface area contributed by atoms with Crippen LogP contribution in [0.15, 0.2) is 36.5 Å². The van der Waals surface area contributed by atoms with Crippen molar-refractivity contribution in [3.05, 3.63) is 52.1 Å². The number of nitrogens with zero attached hydrogens (tertiary/aromatic N) is 3. The number of hydrogen-bond acceptors (Lipinski definition) is 3. The standard InChI is InChI=1S/C13H10Cl2N4/c14-9-3-1-2-8(4-9)7-19-12-11(18-13(19)16)5-10(15)6-17-12/h1-6H,7H2,(H2,16,18). The van der Waals surface area contributed by atoms with E-state index in [1.54, 1.807) is 12.3 Å². The number of imidazole rings is 1. The molecule has 6 heteroatoms. The molecule has 0 fully saturated rings. The van der Waals surface area contributed by atoms with Gasteiger partial charge in [-0.05, 0) is 23.8 Å². The Bertz CT molecular complexity index is 751. The second-order valence-electron chi connectivity index (χ2n) is 4.18. The Hall–Kier alpha value is -1.78. The van der Waals surface area contributed by atoms with Gasteiger partial charge < -0.3 is 5.73 Å². The Balaban J connectivity index is 2.07. The molecule has 2 aromatic heterocycles. The van der Waals surface area contributed by atoms with Crippen LogP contribution in [0.5, 0.6) is 0 Å². The largest absolute Gasteiger partial charge is 0.369 e. The Labute approximate surface area is 119 Å². The third-order valence-corrected chi connectivity index (χ3v) is 3.25. The molecule has 0 amide bonds. The van der Waals surface area contributed by atoms with Gasteiger partial charge >= 0.3 is 0 Å². The lowest BCUT2D eigenvalue weighted by molar-refractivity contribution is 0.828. The molecule has 3 aromatic rings. The Kier molecular flexibility index (Phi) is 3.05. The number of anilines is 1. The van der Waals surface area contributed by atoms with Gasteiger partial charge in [0.05, 0.1) is 11.6 Å². The van der Waals surface area contributed by atoms with E-state index in [0.717, 1.165) is 5.56 Å². The molecule has 0 aliphatic heterocycles. The maximum absolute atomic E-state index is 5.97. The van der Waals surface area contributed by atoms with Crippen LogP contribution in [0, 0.1) is 0 Å². The van der Waals surface area contributed by atoms with Crippen molar-refractivity contribution in [2.45, 2.75) is 6.54 Å². The zero-order valence-corrected chi connectivity index (χ0v) is 11.4. The van der Waals surface area contributed by atoms with Crippen molar-refractivity contribution in [3.8, 4) is 0 Å². The maximum Gasteiger partial charge on any atom is 0.202 e. The monoisotopic (exact) mass is 292 g/mol. The molecule has 1 aromatic carbocycles. The minimum absolute atomic E-state index is 0.407. The van der Waals surface area contributed by atoms with Gasteiger partial charge in [-0.15, -0.1) is 0 Å². The molecule has 0 aliphatic rings. The predicted molar refractivity (Wildman–Crippen MR) is 77.5 cm³/mol. The molecule has 2 N–H and O–H groups in total. The maximum atomic E-state index is 5.97. The first-order chi connectivity index (χ1) is 9.13. The number of hydrogen-bond donors (Lipinski definition) is 1. The molecule has 0 atom stereocenters. The topological polar surface area (TPSA) is 56.7 Å². The highest BCUT2D eigenvalue weighted by Crippen LogP contribution is 2.21. The van der Waals surface area contributed by atoms with Gasteiger partial charge in [-0.3, -0.25) is 4.57 Å². The summed E-state index contributed by atoms with van der Waals surface area (Å²) in [6.07, 6.45) is 1.58. The lowest BCUT2D eigenvalue weighted by Gasteiger charge is -2.06. The third-order valence-electron chi connectivity index (χ3n) is 2.81. The lowest BCUT2D eigenvalue weighted by Crippen LogP contribution is -2.05. The molecule has 3 rings (SSSR count). The van der Waals surface area contributed by atoms with Gasteiger partial charge in [-0.25, -0.2) is 9.97 Å². The average Bonchev–Trinajstić information content (AvgIpc) is 2.65. The minimum atomic E-state index is 0.407. The van der Waals surface area contributed by atoms with Crippen molar-refractivity contribution in [2.75, 3.05) is 5.73 Å². The van der Waals surface area contributed by atoms with E-state index in [1.807, 2.05) is 28.8 Å². The first-order valence-corrected chi connectivity index (χ1v) is 6.41. The molecule has 96 valence electrons. The summed E-state index contributed by atoms with van der Waals surface area (Å²) in [5.74, 6) is 0.407. The summed E-state index contributed by atoms with van der Waals surface area (Å²) < 4.78 is 1.83. The van der Waals surface area contributed by atoms with Gasteiger partial charge in [0.2, 0.25) is 5.95 Å². The summed E-state index contributed by atoms with van der Waals surface area (Å²) in [7, 11) is 0. The second-order valence-corrected chi connectivity index (χ2v) is 5.06. The van der Waals surface area contributed by atoms with E-state index >= 15 is 0 Å². The molecule has 2 heterocycles. The highest BCUT2D eigenvalue weighted by Gasteiger charge is 2.10. The molecular formula is C13H10Cl2N4. The van der Waals surface area contributed by atoms with E-state index in [0.29, 0.717) is 33.7 Å². The quantitative estimate of drug-likeness (QED) is 0.788. The van der Waals surface area contributed by atoms with Crippen molar-refractivity contribution >= 4 is 40.3 Å². The van der Waals surface area contributed by atoms with Crippen LogP contribution in [0.3, 0.4) is 0 Å². The van der Waals surface area contributed by atoms with Crippen LogP contribution in [0.25, 0.3) is 11.2 Å². The van der Waals surface area contributed by atoms with E-state index in [9.17, 15) is 0 Å². The van der Waals surface area contributed by atoms with Crippen molar-refractivity contribution in [1.82, 2.24) is 14.5 Å². The SMILES string of the molecule is Nc1nc2cc(Cl)cnc2n1Cc1cccc(Cl)c1. The summed E-state index contributed by atoms with van der Waals surface area (Å²) in [5, 5.41) is 1.23. The van der Waals surface area contributed by atoms with Crippen LogP contribution in [0.1, 0.15) is 5.56 Å². The van der Waals surface area contributed by atoms with E-state index in [2.05, 4.69) is 9.97 Å². The van der Waals surface area contributed by atoms with Crippen LogP contribution in [0.2, 0.25) is 10.0 Å². The van der Waals surface area contributed by atoms with Crippen LogP contribution in [-0.4, -0.2) is 14.5 Å². The molecule has 4 nitrogen and oxygen atoms in total. The summed E-state index contributed by atoms with van der Waals surface area (Å²) in [4.78, 5) is 8.53. The third kappa shape index (κ3) is 2.37. The van der Waals surface area contributed by atoms with Crippen LogP contribution >= 0.6 is 23.2 Å². The number of aromatic nitrogens is 3. The van der Waals surface area contributed by atoms with E-state index < -0.39 is 0 Å². The van der Waals surface area contributed by atoms with Gasteiger partial charge in [-0.1, -0.05) is 35.3 Å². The second kappa shape index (κ2) is 4.72. The van der Waals surface area contributed by atoms with Gasteiger partial charge in [0.15, 0.2) is 5.65 Å². The Morgan fingerprint density at radius 1 is 1.16 bits per heavy atom. The molecule has 0 radical (unpaired) electrons. The number of rotatable bonds is 2. The normalized spacial score (nSPS) is 11.1. The van der Waals surface area contributed by atoms with E-state index in [4.69, 9.17) is 28.9 Å². The fraction of sp³-hybridized carbons (Fsp3) is 0.0769. The zero-order valence-electron chi connectivity index (χ0n) is 9.85. The molecular weight excluding hydrogens is 283 g/mol. The average molecular weight is 293 g/mol. The van der Waals surface area contributed by atoms with Crippen LogP contribution in [0.4, 0.5) is 5.95 Å². The molecule has 0 saturated carbocycles. The first-order valence-electron chi connectivity index (χ1n) is 5.65. The Morgan fingerprint density at radius 3 is 2.79 bits per heavy atom. The number of fused-ring (bicyclic) bond motifs is 1. The lowest BCUT2D eigenvalue weighted by atomic mass is 10.2. The number of nitrogen functional groups attached to an aromatic ring is 1. The predicted octanol–water partition coefficient (Wildman–Crippen LogP) is 3.37. The molecule has 0 spiro atoms. The van der Waals surface area contributed by atoms with Crippen LogP contribution in [-0.2, 0) is 6.54 Å². The number of pyridine rings is 1. The molecule has 0 saturated heterocycles. The van der Waals surface area contributed by atoms with Crippen molar-refractivity contribution in [1.29, 1.82) is 0 Å². The van der Waals surface area contributed by atoms with Crippen molar-refractivity contribution in [2.24, 2.45) is 0 Å². The highest BCUT2D eigenvalue weighted by molar-refractivity contribution is 6.31. The molecule has 19 heavy (non-hydrogen) atoms. The summed E-state index contributed by atoms with van der Waals surface area (Å²) >= 11 is 11.9. The smallest absolute Gasteiger partial charge is 0.202 e. The fourth-order valence-electron chi connectivity index (χ4n) is 1.98. The summed E-state index contributed by atoms with van der Waals surface area (Å²) in [5.41, 5.74) is 8.36. The fourth-order valence-corrected chi connectivity index (χ4v) is 2.34. The number of halogens is 2. The van der Waals surface area contributed by atoms with Gasteiger partial charge in [0.25, 0.3) is 0 Å². The first kappa shape index (κ1) is 12.3.